The van der Waals surface area contributed by atoms with Gasteiger partial charge < -0.3 is 9.47 Å². The average molecular weight is 276 g/mol. The first kappa shape index (κ1) is 14.6. The molecule has 0 heterocycles. The number of hydrogen-bond acceptors (Lipinski definition) is 4. The molecule has 1 saturated carbocycles. The zero-order valence-corrected chi connectivity index (χ0v) is 11.7. The van der Waals surface area contributed by atoms with Crippen LogP contribution >= 0.6 is 0 Å². The molecule has 0 atom stereocenters. The van der Waals surface area contributed by atoms with E-state index in [-0.39, 0.29) is 18.0 Å². The van der Waals surface area contributed by atoms with Gasteiger partial charge in [0, 0.05) is 5.56 Å². The van der Waals surface area contributed by atoms with Crippen molar-refractivity contribution in [2.45, 2.75) is 38.7 Å². The number of carbonyl (C=O) groups is 2. The largest absolute Gasteiger partial charge is 0.490 e. The van der Waals surface area contributed by atoms with Gasteiger partial charge in [0.2, 0.25) is 0 Å². The molecule has 1 aromatic carbocycles. The van der Waals surface area contributed by atoms with Crippen LogP contribution in [0.25, 0.3) is 0 Å². The first-order valence-corrected chi connectivity index (χ1v) is 7.11. The highest BCUT2D eigenvalue weighted by Gasteiger charge is 2.28. The van der Waals surface area contributed by atoms with Gasteiger partial charge in [0.05, 0.1) is 18.6 Å². The van der Waals surface area contributed by atoms with E-state index in [4.69, 9.17) is 9.47 Å². The van der Waals surface area contributed by atoms with Gasteiger partial charge in [-0.1, -0.05) is 0 Å². The van der Waals surface area contributed by atoms with Crippen LogP contribution in [0.2, 0.25) is 0 Å². The van der Waals surface area contributed by atoms with E-state index in [1.807, 2.05) is 6.92 Å². The van der Waals surface area contributed by atoms with Crippen molar-refractivity contribution in [2.75, 3.05) is 6.61 Å². The highest BCUT2D eigenvalue weighted by atomic mass is 16.5. The number of ether oxygens (including phenoxy) is 2. The lowest BCUT2D eigenvalue weighted by atomic mass is 9.87. The van der Waals surface area contributed by atoms with Gasteiger partial charge >= 0.3 is 5.97 Å². The summed E-state index contributed by atoms with van der Waals surface area (Å²) < 4.78 is 10.9. The van der Waals surface area contributed by atoms with Crippen LogP contribution in [0.3, 0.4) is 0 Å². The summed E-state index contributed by atoms with van der Waals surface area (Å²) in [6.07, 6.45) is 4.31. The molecule has 0 N–H and O–H groups in total. The summed E-state index contributed by atoms with van der Waals surface area (Å²) in [5, 5.41) is 0. The standard InChI is InChI=1S/C16H20O4/c1-2-19-16(18)13-5-9-15(10-6-13)20-14-7-3-12(11-17)4-8-14/h3-4,7-8,11,13,15H,2,5-6,9-10H2,1H3. The van der Waals surface area contributed by atoms with E-state index in [9.17, 15) is 9.59 Å². The molecule has 20 heavy (non-hydrogen) atoms. The molecule has 0 radical (unpaired) electrons. The van der Waals surface area contributed by atoms with E-state index >= 15 is 0 Å². The number of rotatable bonds is 5. The summed E-state index contributed by atoms with van der Waals surface area (Å²) in [5.74, 6) is 0.712. The Balaban J connectivity index is 1.81. The fourth-order valence-electron chi connectivity index (χ4n) is 2.49. The number of esters is 1. The lowest BCUT2D eigenvalue weighted by molar-refractivity contribution is -0.149. The maximum atomic E-state index is 11.6. The zero-order chi connectivity index (χ0) is 14.4. The Hall–Kier alpha value is -1.84. The molecular weight excluding hydrogens is 256 g/mol. The summed E-state index contributed by atoms with van der Waals surface area (Å²) in [4.78, 5) is 22.2. The third kappa shape index (κ3) is 3.83. The van der Waals surface area contributed by atoms with Gasteiger partial charge in [-0.25, -0.2) is 0 Å². The Bertz CT molecular complexity index is 444. The fourth-order valence-corrected chi connectivity index (χ4v) is 2.49. The smallest absolute Gasteiger partial charge is 0.308 e. The Morgan fingerprint density at radius 1 is 1.20 bits per heavy atom. The Labute approximate surface area is 119 Å². The van der Waals surface area contributed by atoms with Crippen LogP contribution in [0.1, 0.15) is 43.0 Å². The minimum absolute atomic E-state index is 0.0206. The Morgan fingerprint density at radius 2 is 1.85 bits per heavy atom. The van der Waals surface area contributed by atoms with Crippen LogP contribution < -0.4 is 4.74 Å². The zero-order valence-electron chi connectivity index (χ0n) is 11.7. The second-order valence-electron chi connectivity index (χ2n) is 5.03. The topological polar surface area (TPSA) is 52.6 Å². The molecule has 4 heteroatoms. The molecule has 1 fully saturated rings. The van der Waals surface area contributed by atoms with E-state index in [2.05, 4.69) is 0 Å². The van der Waals surface area contributed by atoms with Crippen LogP contribution in [0.5, 0.6) is 5.75 Å². The van der Waals surface area contributed by atoms with E-state index in [0.29, 0.717) is 12.2 Å². The molecule has 1 aromatic rings. The second kappa shape index (κ2) is 7.08. The van der Waals surface area contributed by atoms with Gasteiger partial charge in [-0.05, 0) is 56.9 Å². The van der Waals surface area contributed by atoms with Gasteiger partial charge in [0.1, 0.15) is 12.0 Å². The highest BCUT2D eigenvalue weighted by molar-refractivity contribution is 5.74. The van der Waals surface area contributed by atoms with Crippen LogP contribution in [-0.4, -0.2) is 25.0 Å². The van der Waals surface area contributed by atoms with Gasteiger partial charge in [-0.3, -0.25) is 9.59 Å². The molecule has 0 aromatic heterocycles. The maximum absolute atomic E-state index is 11.6. The first-order valence-electron chi connectivity index (χ1n) is 7.11. The SMILES string of the molecule is CCOC(=O)C1CCC(Oc2ccc(C=O)cc2)CC1. The molecule has 108 valence electrons. The average Bonchev–Trinajstić information content (AvgIpc) is 2.49. The normalized spacial score (nSPS) is 22.1. The number of hydrogen-bond donors (Lipinski definition) is 0. The minimum Gasteiger partial charge on any atom is -0.490 e. The molecule has 4 nitrogen and oxygen atoms in total. The van der Waals surface area contributed by atoms with E-state index in [1.54, 1.807) is 24.3 Å². The van der Waals surface area contributed by atoms with Crippen LogP contribution in [0.4, 0.5) is 0 Å². The van der Waals surface area contributed by atoms with Gasteiger partial charge in [0.25, 0.3) is 0 Å². The highest BCUT2D eigenvalue weighted by Crippen LogP contribution is 2.28. The van der Waals surface area contributed by atoms with Crippen molar-refractivity contribution in [3.8, 4) is 5.75 Å². The van der Waals surface area contributed by atoms with Crippen molar-refractivity contribution >= 4 is 12.3 Å². The van der Waals surface area contributed by atoms with Gasteiger partial charge in [-0.2, -0.15) is 0 Å². The third-order valence-corrected chi connectivity index (χ3v) is 3.61. The molecule has 0 aliphatic heterocycles. The van der Waals surface area contributed by atoms with Crippen molar-refractivity contribution in [3.63, 3.8) is 0 Å². The quantitative estimate of drug-likeness (QED) is 0.613. The fraction of sp³-hybridized carbons (Fsp3) is 0.500. The molecule has 1 aliphatic rings. The van der Waals surface area contributed by atoms with Gasteiger partial charge in [0.15, 0.2) is 0 Å². The van der Waals surface area contributed by atoms with Crippen molar-refractivity contribution in [1.82, 2.24) is 0 Å². The third-order valence-electron chi connectivity index (χ3n) is 3.61. The van der Waals surface area contributed by atoms with Crippen molar-refractivity contribution < 1.29 is 19.1 Å². The molecule has 0 unspecified atom stereocenters. The number of aldehydes is 1. The molecule has 0 saturated heterocycles. The van der Waals surface area contributed by atoms with E-state index in [1.165, 1.54) is 0 Å². The van der Waals surface area contributed by atoms with Gasteiger partial charge in [-0.15, -0.1) is 0 Å². The van der Waals surface area contributed by atoms with Crippen molar-refractivity contribution in [1.29, 1.82) is 0 Å². The summed E-state index contributed by atoms with van der Waals surface area (Å²) in [6.45, 7) is 2.27. The Morgan fingerprint density at radius 3 is 2.40 bits per heavy atom. The van der Waals surface area contributed by atoms with Crippen LogP contribution in [-0.2, 0) is 9.53 Å². The summed E-state index contributed by atoms with van der Waals surface area (Å²) >= 11 is 0. The summed E-state index contributed by atoms with van der Waals surface area (Å²) in [5.41, 5.74) is 0.642. The predicted molar refractivity (Wildman–Crippen MR) is 74.8 cm³/mol. The number of carbonyl (C=O) groups excluding carboxylic acids is 2. The first-order chi connectivity index (χ1) is 9.72. The van der Waals surface area contributed by atoms with Crippen molar-refractivity contribution in [3.05, 3.63) is 29.8 Å². The monoisotopic (exact) mass is 276 g/mol. The molecule has 1 aliphatic carbocycles. The summed E-state index contributed by atoms with van der Waals surface area (Å²) in [7, 11) is 0. The summed E-state index contributed by atoms with van der Waals surface area (Å²) in [6, 6.07) is 7.10. The lowest BCUT2D eigenvalue weighted by Crippen LogP contribution is -2.29. The van der Waals surface area contributed by atoms with Crippen LogP contribution in [0, 0.1) is 5.92 Å². The number of benzene rings is 1. The Kier molecular flexibility index (Phi) is 5.16. The molecular formula is C16H20O4. The van der Waals surface area contributed by atoms with E-state index in [0.717, 1.165) is 37.7 Å². The lowest BCUT2D eigenvalue weighted by Gasteiger charge is -2.27. The van der Waals surface area contributed by atoms with Crippen molar-refractivity contribution in [2.24, 2.45) is 5.92 Å². The molecule has 0 amide bonds. The minimum atomic E-state index is -0.0821. The second-order valence-corrected chi connectivity index (χ2v) is 5.03. The molecule has 0 bridgehead atoms. The molecule has 2 rings (SSSR count). The van der Waals surface area contributed by atoms with E-state index < -0.39 is 0 Å². The maximum Gasteiger partial charge on any atom is 0.308 e. The molecule has 0 spiro atoms. The predicted octanol–water partition coefficient (Wildman–Crippen LogP) is 3.00. The van der Waals surface area contributed by atoms with Crippen LogP contribution in [0.15, 0.2) is 24.3 Å².